The average molecular weight is 431 g/mol. The number of nitrogens with one attached hydrogen (secondary N) is 2. The van der Waals surface area contributed by atoms with E-state index in [4.69, 9.17) is 23.2 Å². The van der Waals surface area contributed by atoms with Crippen molar-refractivity contribution >= 4 is 44.8 Å². The second-order valence-corrected chi connectivity index (χ2v) is 8.59. The Labute approximate surface area is 168 Å². The van der Waals surface area contributed by atoms with Crippen molar-refractivity contribution in [2.45, 2.75) is 11.8 Å². The van der Waals surface area contributed by atoms with Crippen LogP contribution in [0.25, 0.3) is 0 Å². The standard InChI is InChI=1S/C17H20Cl2N4O3S/c1-11-8-13(10-21-16(11)19)27(25,26)22-12-4-5-14(15(18)9-12)17(24)20-6-7-23(2)3/h4-5,8-10,22H,6-7H2,1-3H3,(H,20,24). The van der Waals surface area contributed by atoms with Gasteiger partial charge in [-0.1, -0.05) is 23.2 Å². The minimum absolute atomic E-state index is 0.0222. The molecule has 0 aliphatic rings. The van der Waals surface area contributed by atoms with Gasteiger partial charge in [0.1, 0.15) is 10.0 Å². The molecule has 1 aromatic heterocycles. The lowest BCUT2D eigenvalue weighted by Crippen LogP contribution is -2.31. The molecule has 0 atom stereocenters. The van der Waals surface area contributed by atoms with Crippen LogP contribution in [0.2, 0.25) is 10.2 Å². The zero-order valence-electron chi connectivity index (χ0n) is 15.1. The SMILES string of the molecule is Cc1cc(S(=O)(=O)Nc2ccc(C(=O)NCCN(C)C)c(Cl)c2)cnc1Cl. The van der Waals surface area contributed by atoms with Crippen LogP contribution in [-0.2, 0) is 10.0 Å². The van der Waals surface area contributed by atoms with Crippen molar-refractivity contribution in [2.75, 3.05) is 31.9 Å². The Bertz CT molecular complexity index is 949. The van der Waals surface area contributed by atoms with Crippen molar-refractivity contribution in [1.82, 2.24) is 15.2 Å². The Morgan fingerprint density at radius 3 is 2.52 bits per heavy atom. The number of hydrogen-bond acceptors (Lipinski definition) is 5. The highest BCUT2D eigenvalue weighted by Gasteiger charge is 2.17. The fourth-order valence-corrected chi connectivity index (χ4v) is 3.59. The smallest absolute Gasteiger partial charge is 0.263 e. The Morgan fingerprint density at radius 2 is 1.93 bits per heavy atom. The molecular weight excluding hydrogens is 411 g/mol. The minimum Gasteiger partial charge on any atom is -0.351 e. The third-order valence-electron chi connectivity index (χ3n) is 3.61. The zero-order chi connectivity index (χ0) is 20.2. The number of benzene rings is 1. The van der Waals surface area contributed by atoms with Gasteiger partial charge in [0.25, 0.3) is 15.9 Å². The lowest BCUT2D eigenvalue weighted by atomic mass is 10.2. The van der Waals surface area contributed by atoms with Crippen molar-refractivity contribution in [3.8, 4) is 0 Å². The van der Waals surface area contributed by atoms with Crippen LogP contribution < -0.4 is 10.0 Å². The van der Waals surface area contributed by atoms with Crippen LogP contribution in [0.3, 0.4) is 0 Å². The monoisotopic (exact) mass is 430 g/mol. The van der Waals surface area contributed by atoms with Gasteiger partial charge in [-0.3, -0.25) is 9.52 Å². The molecule has 1 heterocycles. The molecule has 27 heavy (non-hydrogen) atoms. The Hall–Kier alpha value is -1.87. The number of sulfonamides is 1. The van der Waals surface area contributed by atoms with Crippen LogP contribution in [0.1, 0.15) is 15.9 Å². The molecule has 2 rings (SSSR count). The molecule has 0 spiro atoms. The number of pyridine rings is 1. The topological polar surface area (TPSA) is 91.4 Å². The Kier molecular flexibility index (Phi) is 7.05. The maximum Gasteiger partial charge on any atom is 0.263 e. The number of hydrogen-bond donors (Lipinski definition) is 2. The molecule has 0 fully saturated rings. The molecular formula is C17H20Cl2N4O3S. The first-order valence-electron chi connectivity index (χ1n) is 7.97. The van der Waals surface area contributed by atoms with Crippen LogP contribution in [0.5, 0.6) is 0 Å². The van der Waals surface area contributed by atoms with E-state index in [0.717, 1.165) is 0 Å². The Morgan fingerprint density at radius 1 is 1.22 bits per heavy atom. The summed E-state index contributed by atoms with van der Waals surface area (Å²) in [5.74, 6) is -0.325. The van der Waals surface area contributed by atoms with Gasteiger partial charge in [-0.25, -0.2) is 13.4 Å². The molecule has 2 aromatic rings. The first-order valence-corrected chi connectivity index (χ1v) is 10.2. The maximum atomic E-state index is 12.5. The third-order valence-corrected chi connectivity index (χ3v) is 5.67. The second kappa shape index (κ2) is 8.88. The van der Waals surface area contributed by atoms with E-state index < -0.39 is 10.0 Å². The first kappa shape index (κ1) is 21.4. The van der Waals surface area contributed by atoms with Crippen molar-refractivity contribution in [3.05, 3.63) is 51.8 Å². The molecule has 1 amide bonds. The number of rotatable bonds is 7. The molecule has 0 aliphatic heterocycles. The molecule has 7 nitrogen and oxygen atoms in total. The molecule has 0 bridgehead atoms. The molecule has 2 N–H and O–H groups in total. The van der Waals surface area contributed by atoms with Gasteiger partial charge < -0.3 is 10.2 Å². The highest BCUT2D eigenvalue weighted by molar-refractivity contribution is 7.92. The third kappa shape index (κ3) is 5.80. The van der Waals surface area contributed by atoms with E-state index in [1.807, 2.05) is 19.0 Å². The summed E-state index contributed by atoms with van der Waals surface area (Å²) < 4.78 is 27.4. The van der Waals surface area contributed by atoms with Crippen LogP contribution in [0, 0.1) is 6.92 Å². The average Bonchev–Trinajstić information content (AvgIpc) is 2.56. The van der Waals surface area contributed by atoms with E-state index in [9.17, 15) is 13.2 Å². The molecule has 146 valence electrons. The minimum atomic E-state index is -3.86. The van der Waals surface area contributed by atoms with Crippen molar-refractivity contribution < 1.29 is 13.2 Å². The maximum absolute atomic E-state index is 12.5. The summed E-state index contributed by atoms with van der Waals surface area (Å²) in [5.41, 5.74) is 1.04. The number of carbonyl (C=O) groups is 1. The van der Waals surface area contributed by atoms with Gasteiger partial charge in [0.2, 0.25) is 0 Å². The van der Waals surface area contributed by atoms with Crippen molar-refractivity contribution in [3.63, 3.8) is 0 Å². The predicted molar refractivity (Wildman–Crippen MR) is 107 cm³/mol. The number of amides is 1. The number of aryl methyl sites for hydroxylation is 1. The summed E-state index contributed by atoms with van der Waals surface area (Å²) in [7, 11) is -0.0609. The fourth-order valence-electron chi connectivity index (χ4n) is 2.14. The fraction of sp³-hybridized carbons (Fsp3) is 0.294. The molecule has 0 radical (unpaired) electrons. The predicted octanol–water partition coefficient (Wildman–Crippen LogP) is 2.79. The van der Waals surface area contributed by atoms with Crippen LogP contribution in [-0.4, -0.2) is 51.4 Å². The summed E-state index contributed by atoms with van der Waals surface area (Å²) in [4.78, 5) is 17.9. The van der Waals surface area contributed by atoms with E-state index in [-0.39, 0.29) is 32.2 Å². The second-order valence-electron chi connectivity index (χ2n) is 6.14. The van der Waals surface area contributed by atoms with Gasteiger partial charge in [0.05, 0.1) is 16.3 Å². The van der Waals surface area contributed by atoms with E-state index >= 15 is 0 Å². The summed E-state index contributed by atoms with van der Waals surface area (Å²) in [6.07, 6.45) is 1.17. The quantitative estimate of drug-likeness (QED) is 0.658. The van der Waals surface area contributed by atoms with E-state index in [0.29, 0.717) is 18.7 Å². The lowest BCUT2D eigenvalue weighted by molar-refractivity contribution is 0.0951. The van der Waals surface area contributed by atoms with Gasteiger partial charge in [0.15, 0.2) is 0 Å². The van der Waals surface area contributed by atoms with Gasteiger partial charge in [0, 0.05) is 19.3 Å². The van der Waals surface area contributed by atoms with E-state index in [1.165, 1.54) is 30.5 Å². The molecule has 0 unspecified atom stereocenters. The summed E-state index contributed by atoms with van der Waals surface area (Å²) in [6, 6.07) is 5.75. The van der Waals surface area contributed by atoms with Crippen LogP contribution in [0.4, 0.5) is 5.69 Å². The molecule has 0 saturated heterocycles. The highest BCUT2D eigenvalue weighted by Crippen LogP contribution is 2.24. The number of anilines is 1. The van der Waals surface area contributed by atoms with Gasteiger partial charge in [-0.05, 0) is 50.8 Å². The summed E-state index contributed by atoms with van der Waals surface area (Å²) in [5, 5.41) is 3.13. The number of nitrogens with zero attached hydrogens (tertiary/aromatic N) is 2. The van der Waals surface area contributed by atoms with Gasteiger partial charge in [-0.15, -0.1) is 0 Å². The van der Waals surface area contributed by atoms with E-state index in [2.05, 4.69) is 15.0 Å². The number of likely N-dealkylation sites (N-methyl/N-ethyl adjacent to an activating group) is 1. The normalized spacial score (nSPS) is 11.5. The number of halogens is 2. The first-order chi connectivity index (χ1) is 12.6. The highest BCUT2D eigenvalue weighted by atomic mass is 35.5. The summed E-state index contributed by atoms with van der Waals surface area (Å²) >= 11 is 12.0. The van der Waals surface area contributed by atoms with Crippen molar-refractivity contribution in [2.24, 2.45) is 0 Å². The lowest BCUT2D eigenvalue weighted by Gasteiger charge is -2.12. The summed E-state index contributed by atoms with van der Waals surface area (Å²) in [6.45, 7) is 2.82. The molecule has 1 aromatic carbocycles. The molecule has 10 heteroatoms. The largest absolute Gasteiger partial charge is 0.351 e. The zero-order valence-corrected chi connectivity index (χ0v) is 17.4. The molecule has 0 saturated carbocycles. The van der Waals surface area contributed by atoms with Gasteiger partial charge >= 0.3 is 0 Å². The number of carbonyl (C=O) groups excluding carboxylic acids is 1. The van der Waals surface area contributed by atoms with Gasteiger partial charge in [-0.2, -0.15) is 0 Å². The van der Waals surface area contributed by atoms with Crippen LogP contribution >= 0.6 is 23.2 Å². The van der Waals surface area contributed by atoms with E-state index in [1.54, 1.807) is 6.92 Å². The van der Waals surface area contributed by atoms with Crippen LogP contribution in [0.15, 0.2) is 35.4 Å². The number of aromatic nitrogens is 1. The Balaban J connectivity index is 2.15. The van der Waals surface area contributed by atoms with Crippen molar-refractivity contribution in [1.29, 1.82) is 0 Å². The molecule has 0 aliphatic carbocycles.